The SMILES string of the molecule is CCOc1ccc2ccc(OCC)c(/C=C3\SC(=O)N(CC)C3=O)c2c1. The molecule has 136 valence electrons. The summed E-state index contributed by atoms with van der Waals surface area (Å²) >= 11 is 0.963. The van der Waals surface area contributed by atoms with Crippen molar-refractivity contribution in [3.05, 3.63) is 40.8 Å². The van der Waals surface area contributed by atoms with Crippen molar-refractivity contribution in [2.24, 2.45) is 0 Å². The third kappa shape index (κ3) is 3.42. The number of ether oxygens (including phenoxy) is 2. The summed E-state index contributed by atoms with van der Waals surface area (Å²) in [7, 11) is 0. The normalized spacial score (nSPS) is 16.0. The fraction of sp³-hybridized carbons (Fsp3) is 0.300. The lowest BCUT2D eigenvalue weighted by Crippen LogP contribution is -2.27. The van der Waals surface area contributed by atoms with Crippen LogP contribution in [0.1, 0.15) is 26.3 Å². The summed E-state index contributed by atoms with van der Waals surface area (Å²) in [6, 6.07) is 9.70. The van der Waals surface area contributed by atoms with Crippen LogP contribution in [-0.2, 0) is 4.79 Å². The van der Waals surface area contributed by atoms with Gasteiger partial charge in [-0.1, -0.05) is 12.1 Å². The number of imide groups is 1. The summed E-state index contributed by atoms with van der Waals surface area (Å²) in [5, 5.41) is 1.69. The van der Waals surface area contributed by atoms with Crippen LogP contribution in [-0.4, -0.2) is 35.8 Å². The zero-order valence-electron chi connectivity index (χ0n) is 15.1. The summed E-state index contributed by atoms with van der Waals surface area (Å²) in [4.78, 5) is 26.1. The van der Waals surface area contributed by atoms with Gasteiger partial charge in [-0.15, -0.1) is 0 Å². The molecule has 0 saturated carbocycles. The maximum Gasteiger partial charge on any atom is 0.293 e. The number of likely N-dealkylation sites (N-methyl/N-ethyl adjacent to an activating group) is 1. The second kappa shape index (κ2) is 7.83. The van der Waals surface area contributed by atoms with Crippen LogP contribution in [0.2, 0.25) is 0 Å². The standard InChI is InChI=1S/C20H21NO4S/c1-4-21-19(22)18(26-20(21)23)12-16-15-11-14(24-5-2)9-7-13(15)8-10-17(16)25-6-3/h7-12H,4-6H2,1-3H3/b18-12-. The zero-order valence-corrected chi connectivity index (χ0v) is 15.9. The van der Waals surface area contributed by atoms with Gasteiger partial charge in [0.1, 0.15) is 11.5 Å². The largest absolute Gasteiger partial charge is 0.494 e. The Balaban J connectivity index is 2.17. The van der Waals surface area contributed by atoms with Gasteiger partial charge in [-0.25, -0.2) is 0 Å². The summed E-state index contributed by atoms with van der Waals surface area (Å²) < 4.78 is 11.4. The topological polar surface area (TPSA) is 55.8 Å². The molecule has 1 fully saturated rings. The Kier molecular flexibility index (Phi) is 5.52. The number of benzene rings is 2. The Labute approximate surface area is 157 Å². The van der Waals surface area contributed by atoms with Crippen molar-refractivity contribution in [2.45, 2.75) is 20.8 Å². The van der Waals surface area contributed by atoms with Crippen LogP contribution in [0.4, 0.5) is 4.79 Å². The van der Waals surface area contributed by atoms with E-state index in [4.69, 9.17) is 9.47 Å². The van der Waals surface area contributed by atoms with Crippen molar-refractivity contribution >= 4 is 39.8 Å². The fourth-order valence-electron chi connectivity index (χ4n) is 2.89. The first-order chi connectivity index (χ1) is 12.6. The highest BCUT2D eigenvalue weighted by Gasteiger charge is 2.34. The molecule has 1 aliphatic rings. The van der Waals surface area contributed by atoms with Crippen molar-refractivity contribution in [3.63, 3.8) is 0 Å². The molecule has 26 heavy (non-hydrogen) atoms. The average molecular weight is 371 g/mol. The van der Waals surface area contributed by atoms with Gasteiger partial charge in [0.15, 0.2) is 0 Å². The Morgan fingerprint density at radius 1 is 1.04 bits per heavy atom. The van der Waals surface area contributed by atoms with Crippen molar-refractivity contribution in [2.75, 3.05) is 19.8 Å². The van der Waals surface area contributed by atoms with Crippen LogP contribution in [0.3, 0.4) is 0 Å². The Hall–Kier alpha value is -2.47. The highest BCUT2D eigenvalue weighted by molar-refractivity contribution is 8.18. The van der Waals surface area contributed by atoms with Crippen LogP contribution in [0.5, 0.6) is 11.5 Å². The minimum absolute atomic E-state index is 0.239. The first-order valence-corrected chi connectivity index (χ1v) is 9.48. The third-order valence-corrected chi connectivity index (χ3v) is 4.98. The van der Waals surface area contributed by atoms with Gasteiger partial charge >= 0.3 is 0 Å². The lowest BCUT2D eigenvalue weighted by molar-refractivity contribution is -0.122. The Bertz CT molecular complexity index is 886. The second-order valence-electron chi connectivity index (χ2n) is 5.65. The van der Waals surface area contributed by atoms with E-state index >= 15 is 0 Å². The lowest BCUT2D eigenvalue weighted by Gasteiger charge is -2.13. The van der Waals surface area contributed by atoms with Crippen LogP contribution in [0.25, 0.3) is 16.8 Å². The van der Waals surface area contributed by atoms with Crippen molar-refractivity contribution < 1.29 is 19.1 Å². The molecule has 6 heteroatoms. The smallest absolute Gasteiger partial charge is 0.293 e. The molecule has 0 spiro atoms. The lowest BCUT2D eigenvalue weighted by atomic mass is 10.0. The number of rotatable bonds is 6. The van der Waals surface area contributed by atoms with Gasteiger partial charge < -0.3 is 9.47 Å². The van der Waals surface area contributed by atoms with Crippen molar-refractivity contribution in [3.8, 4) is 11.5 Å². The number of fused-ring (bicyclic) bond motifs is 1. The molecule has 0 atom stereocenters. The van der Waals surface area contributed by atoms with Gasteiger partial charge in [0.05, 0.1) is 18.1 Å². The molecule has 0 radical (unpaired) electrons. The highest BCUT2D eigenvalue weighted by Crippen LogP contribution is 2.37. The summed E-state index contributed by atoms with van der Waals surface area (Å²) in [5.74, 6) is 1.17. The van der Waals surface area contributed by atoms with E-state index < -0.39 is 0 Å². The van der Waals surface area contributed by atoms with E-state index in [1.807, 2.05) is 44.2 Å². The molecule has 3 rings (SSSR count). The summed E-state index contributed by atoms with van der Waals surface area (Å²) in [5.41, 5.74) is 0.785. The number of carbonyl (C=O) groups excluding carboxylic acids is 2. The molecule has 0 bridgehead atoms. The molecule has 1 aliphatic heterocycles. The quantitative estimate of drug-likeness (QED) is 0.689. The van der Waals surface area contributed by atoms with E-state index in [0.717, 1.165) is 33.8 Å². The van der Waals surface area contributed by atoms with Crippen LogP contribution >= 0.6 is 11.8 Å². The van der Waals surface area contributed by atoms with Gasteiger partial charge in [-0.2, -0.15) is 0 Å². The van der Waals surface area contributed by atoms with Crippen LogP contribution in [0, 0.1) is 0 Å². The van der Waals surface area contributed by atoms with Crippen molar-refractivity contribution in [1.29, 1.82) is 0 Å². The van der Waals surface area contributed by atoms with Gasteiger partial charge in [0.2, 0.25) is 0 Å². The zero-order chi connectivity index (χ0) is 18.7. The molecular weight excluding hydrogens is 350 g/mol. The predicted molar refractivity (Wildman–Crippen MR) is 105 cm³/mol. The molecule has 2 amide bonds. The number of hydrogen-bond acceptors (Lipinski definition) is 5. The second-order valence-corrected chi connectivity index (χ2v) is 6.65. The average Bonchev–Trinajstić information content (AvgIpc) is 2.90. The number of nitrogens with zero attached hydrogens (tertiary/aromatic N) is 1. The molecule has 2 aromatic rings. The van der Waals surface area contributed by atoms with E-state index in [-0.39, 0.29) is 11.1 Å². The number of thioether (sulfide) groups is 1. The minimum atomic E-state index is -0.261. The molecule has 1 saturated heterocycles. The molecule has 2 aromatic carbocycles. The van der Waals surface area contributed by atoms with E-state index in [0.29, 0.717) is 30.4 Å². The van der Waals surface area contributed by atoms with E-state index in [1.54, 1.807) is 13.0 Å². The predicted octanol–water partition coefficient (Wildman–Crippen LogP) is 4.69. The molecule has 0 aromatic heterocycles. The Morgan fingerprint density at radius 2 is 1.77 bits per heavy atom. The highest BCUT2D eigenvalue weighted by atomic mass is 32.2. The maximum atomic E-state index is 12.5. The minimum Gasteiger partial charge on any atom is -0.494 e. The third-order valence-electron chi connectivity index (χ3n) is 4.07. The summed E-state index contributed by atoms with van der Waals surface area (Å²) in [6.45, 7) is 7.08. The summed E-state index contributed by atoms with van der Waals surface area (Å²) in [6.07, 6.45) is 1.75. The fourth-order valence-corrected chi connectivity index (χ4v) is 3.78. The van der Waals surface area contributed by atoms with Gasteiger partial charge in [-0.3, -0.25) is 14.5 Å². The first kappa shape index (κ1) is 18.3. The van der Waals surface area contributed by atoms with Crippen LogP contribution < -0.4 is 9.47 Å². The van der Waals surface area contributed by atoms with Crippen molar-refractivity contribution in [1.82, 2.24) is 4.90 Å². The van der Waals surface area contributed by atoms with E-state index in [2.05, 4.69) is 0 Å². The van der Waals surface area contributed by atoms with Gasteiger partial charge in [0, 0.05) is 12.1 Å². The molecule has 0 N–H and O–H groups in total. The number of amides is 2. The van der Waals surface area contributed by atoms with Gasteiger partial charge in [0.25, 0.3) is 11.1 Å². The molecule has 0 aliphatic carbocycles. The monoisotopic (exact) mass is 371 g/mol. The Morgan fingerprint density at radius 3 is 2.42 bits per heavy atom. The van der Waals surface area contributed by atoms with E-state index in [9.17, 15) is 9.59 Å². The van der Waals surface area contributed by atoms with Crippen LogP contribution in [0.15, 0.2) is 35.2 Å². The molecule has 5 nitrogen and oxygen atoms in total. The molecule has 0 unspecified atom stereocenters. The van der Waals surface area contributed by atoms with Gasteiger partial charge in [-0.05, 0) is 67.6 Å². The number of hydrogen-bond donors (Lipinski definition) is 0. The first-order valence-electron chi connectivity index (χ1n) is 8.66. The van der Waals surface area contributed by atoms with E-state index in [1.165, 1.54) is 4.90 Å². The maximum absolute atomic E-state index is 12.5. The molecule has 1 heterocycles. The molecular formula is C20H21NO4S. The number of carbonyl (C=O) groups is 2.